The van der Waals surface area contributed by atoms with E-state index >= 15 is 0 Å². The molecule has 3 atom stereocenters. The summed E-state index contributed by atoms with van der Waals surface area (Å²) in [5.74, 6) is -1.03. The van der Waals surface area contributed by atoms with Crippen LogP contribution >= 0.6 is 0 Å². The molecule has 2 aliphatic heterocycles. The predicted octanol–water partition coefficient (Wildman–Crippen LogP) is 2.53. The molecule has 2 aromatic rings. The number of oxime groups is 1. The number of hydrogen-bond acceptors (Lipinski definition) is 6. The molecule has 12 heteroatoms. The van der Waals surface area contributed by atoms with Gasteiger partial charge in [0.05, 0.1) is 30.3 Å². The Hall–Kier alpha value is -2.70. The lowest BCUT2D eigenvalue weighted by Gasteiger charge is -2.19. The summed E-state index contributed by atoms with van der Waals surface area (Å²) in [6, 6.07) is 4.31. The highest BCUT2D eigenvalue weighted by Crippen LogP contribution is 2.37. The van der Waals surface area contributed by atoms with Gasteiger partial charge >= 0.3 is 0 Å². The Bertz CT molecular complexity index is 1170. The van der Waals surface area contributed by atoms with Crippen LogP contribution in [0, 0.1) is 18.6 Å². The number of rotatable bonds is 5. The normalized spacial score (nSPS) is 23.2. The summed E-state index contributed by atoms with van der Waals surface area (Å²) in [7, 11) is -1.09. The summed E-state index contributed by atoms with van der Waals surface area (Å²) < 4.78 is 70.9. The van der Waals surface area contributed by atoms with E-state index in [1.54, 1.807) is 24.1 Å². The van der Waals surface area contributed by atoms with Gasteiger partial charge in [-0.25, -0.2) is 13.2 Å². The molecule has 0 spiro atoms. The molecule has 33 heavy (non-hydrogen) atoms. The van der Waals surface area contributed by atoms with Gasteiger partial charge < -0.3 is 9.74 Å². The second-order valence-corrected chi connectivity index (χ2v) is 10.2. The lowest BCUT2D eigenvalue weighted by atomic mass is 9.97. The number of alkyl halides is 1. The maximum Gasteiger partial charge on any atom is 0.279 e. The third kappa shape index (κ3) is 4.68. The molecule has 1 N–H and O–H groups in total. The van der Waals surface area contributed by atoms with Gasteiger partial charge in [0.1, 0.15) is 23.6 Å². The predicted molar refractivity (Wildman–Crippen MR) is 116 cm³/mol. The van der Waals surface area contributed by atoms with E-state index in [1.165, 1.54) is 32.3 Å². The second kappa shape index (κ2) is 8.92. The highest BCUT2D eigenvalue weighted by atomic mass is 32.2. The van der Waals surface area contributed by atoms with E-state index in [9.17, 15) is 21.6 Å². The van der Waals surface area contributed by atoms with Gasteiger partial charge in [0, 0.05) is 32.4 Å². The zero-order valence-corrected chi connectivity index (χ0v) is 19.1. The van der Waals surface area contributed by atoms with Crippen LogP contribution in [0.2, 0.25) is 0 Å². The first-order valence-corrected chi connectivity index (χ1v) is 11.7. The number of aryl methyl sites for hydroxylation is 1. The molecular weight excluding hydrogens is 459 g/mol. The van der Waals surface area contributed by atoms with Crippen LogP contribution in [0.5, 0.6) is 0 Å². The van der Waals surface area contributed by atoms with Crippen molar-refractivity contribution < 1.29 is 26.4 Å². The Labute approximate surface area is 190 Å². The number of amidine groups is 1. The van der Waals surface area contributed by atoms with Gasteiger partial charge in [-0.3, -0.25) is 4.98 Å². The molecule has 0 aliphatic carbocycles. The number of nitrogens with one attached hydrogen (secondary N) is 1. The number of hydrogen-bond donors (Lipinski definition) is 1. The van der Waals surface area contributed by atoms with Crippen molar-refractivity contribution >= 4 is 16.0 Å². The number of aromatic nitrogens is 1. The van der Waals surface area contributed by atoms with Gasteiger partial charge in [-0.1, -0.05) is 11.2 Å². The van der Waals surface area contributed by atoms with Crippen LogP contribution in [0.25, 0.3) is 11.1 Å². The highest BCUT2D eigenvalue weighted by Gasteiger charge is 2.40. The number of pyridine rings is 1. The van der Waals surface area contributed by atoms with Crippen LogP contribution in [0.1, 0.15) is 23.8 Å². The Balaban J connectivity index is 1.53. The lowest BCUT2D eigenvalue weighted by Crippen LogP contribution is -2.46. The molecular formula is C21H24F3N5O3S. The monoisotopic (exact) mass is 483 g/mol. The molecule has 1 aromatic carbocycles. The summed E-state index contributed by atoms with van der Waals surface area (Å²) in [5, 5.41) is 4.04. The standard InChI is InChI=1S/C21H24F3N5O3S/c1-12-7-13(20-14(22)5-4-6-15(20)23)21(25-9-12)18-8-19(26-32-18)29-10-16(24)17(11-29)27-33(30,31)28(2)3/h4-7,9,16-18,27H,8,10-11H2,1-3H3/t16-,17?,18-/m0/s1. The zero-order chi connectivity index (χ0) is 23.9. The maximum absolute atomic E-state index is 14.5. The summed E-state index contributed by atoms with van der Waals surface area (Å²) in [4.78, 5) is 11.5. The zero-order valence-electron chi connectivity index (χ0n) is 18.3. The first-order valence-electron chi connectivity index (χ1n) is 10.3. The maximum atomic E-state index is 14.5. The van der Waals surface area contributed by atoms with Gasteiger partial charge in [0.15, 0.2) is 6.10 Å². The Morgan fingerprint density at radius 2 is 1.91 bits per heavy atom. The highest BCUT2D eigenvalue weighted by molar-refractivity contribution is 7.87. The van der Waals surface area contributed by atoms with Crippen LogP contribution in [-0.4, -0.2) is 67.8 Å². The van der Waals surface area contributed by atoms with E-state index in [0.29, 0.717) is 17.1 Å². The minimum absolute atomic E-state index is 0.0638. The second-order valence-electron chi connectivity index (χ2n) is 8.28. The van der Waals surface area contributed by atoms with Gasteiger partial charge in [0.25, 0.3) is 10.2 Å². The molecule has 1 aromatic heterocycles. The Morgan fingerprint density at radius 3 is 2.58 bits per heavy atom. The van der Waals surface area contributed by atoms with E-state index < -0.39 is 40.2 Å². The molecule has 2 aliphatic rings. The average Bonchev–Trinajstić information content (AvgIpc) is 3.35. The summed E-state index contributed by atoms with van der Waals surface area (Å²) in [6.45, 7) is 1.77. The number of likely N-dealkylation sites (tertiary alicyclic amines) is 1. The fourth-order valence-electron chi connectivity index (χ4n) is 3.87. The van der Waals surface area contributed by atoms with Crippen LogP contribution < -0.4 is 4.72 Å². The number of benzene rings is 1. The molecule has 3 heterocycles. The van der Waals surface area contributed by atoms with Crippen LogP contribution in [0.3, 0.4) is 0 Å². The van der Waals surface area contributed by atoms with Gasteiger partial charge in [-0.15, -0.1) is 0 Å². The fraction of sp³-hybridized carbons (Fsp3) is 0.429. The van der Waals surface area contributed by atoms with E-state index in [2.05, 4.69) is 14.9 Å². The molecule has 4 rings (SSSR count). The van der Waals surface area contributed by atoms with Crippen molar-refractivity contribution in [3.05, 3.63) is 53.4 Å². The number of halogens is 3. The smallest absolute Gasteiger partial charge is 0.279 e. The lowest BCUT2D eigenvalue weighted by molar-refractivity contribution is 0.0828. The van der Waals surface area contributed by atoms with Crippen LogP contribution in [-0.2, 0) is 15.0 Å². The van der Waals surface area contributed by atoms with Crippen LogP contribution in [0.4, 0.5) is 13.2 Å². The minimum Gasteiger partial charge on any atom is -0.384 e. The molecule has 0 amide bonds. The van der Waals surface area contributed by atoms with Gasteiger partial charge in [0.2, 0.25) is 0 Å². The van der Waals surface area contributed by atoms with E-state index in [0.717, 1.165) is 4.31 Å². The molecule has 0 saturated carbocycles. The SMILES string of the molecule is Cc1cnc([C@@H]2CC(N3CC(NS(=O)(=O)N(C)C)[C@@H](F)C3)=NO2)c(-c2c(F)cccc2F)c1. The van der Waals surface area contributed by atoms with Gasteiger partial charge in [-0.05, 0) is 30.7 Å². The third-order valence-corrected chi connectivity index (χ3v) is 7.20. The average molecular weight is 484 g/mol. The van der Waals surface area contributed by atoms with Crippen molar-refractivity contribution in [1.29, 1.82) is 0 Å². The van der Waals surface area contributed by atoms with E-state index in [-0.39, 0.29) is 30.6 Å². The van der Waals surface area contributed by atoms with Crippen molar-refractivity contribution in [3.8, 4) is 11.1 Å². The topological polar surface area (TPSA) is 87.1 Å². The molecule has 1 saturated heterocycles. The van der Waals surface area contributed by atoms with E-state index in [4.69, 9.17) is 4.84 Å². The fourth-order valence-corrected chi connectivity index (χ4v) is 4.69. The minimum atomic E-state index is -3.80. The first-order chi connectivity index (χ1) is 15.6. The molecule has 8 nitrogen and oxygen atoms in total. The quantitative estimate of drug-likeness (QED) is 0.706. The molecule has 1 unspecified atom stereocenters. The summed E-state index contributed by atoms with van der Waals surface area (Å²) in [5.41, 5.74) is 1.08. The molecule has 0 radical (unpaired) electrons. The first kappa shape index (κ1) is 23.5. The van der Waals surface area contributed by atoms with Crippen molar-refractivity contribution in [1.82, 2.24) is 18.9 Å². The van der Waals surface area contributed by atoms with Crippen molar-refractivity contribution in [2.75, 3.05) is 27.2 Å². The molecule has 178 valence electrons. The van der Waals surface area contributed by atoms with Crippen molar-refractivity contribution in [2.45, 2.75) is 31.7 Å². The largest absolute Gasteiger partial charge is 0.384 e. The molecule has 1 fully saturated rings. The van der Waals surface area contributed by atoms with E-state index in [1.807, 2.05) is 0 Å². The Kier molecular flexibility index (Phi) is 6.34. The molecule has 0 bridgehead atoms. The third-order valence-electron chi connectivity index (χ3n) is 5.64. The Morgan fingerprint density at radius 1 is 1.21 bits per heavy atom. The van der Waals surface area contributed by atoms with Crippen molar-refractivity contribution in [2.24, 2.45) is 5.16 Å². The van der Waals surface area contributed by atoms with Gasteiger partial charge in [-0.2, -0.15) is 17.4 Å². The van der Waals surface area contributed by atoms with Crippen molar-refractivity contribution in [3.63, 3.8) is 0 Å². The van der Waals surface area contributed by atoms with Crippen LogP contribution in [0.15, 0.2) is 35.6 Å². The number of nitrogens with zero attached hydrogens (tertiary/aromatic N) is 4. The summed E-state index contributed by atoms with van der Waals surface area (Å²) in [6.07, 6.45) is -0.413. The summed E-state index contributed by atoms with van der Waals surface area (Å²) >= 11 is 0.